The van der Waals surface area contributed by atoms with Gasteiger partial charge in [0.1, 0.15) is 0 Å². The van der Waals surface area contributed by atoms with Crippen LogP contribution in [-0.4, -0.2) is 59.9 Å². The molecule has 0 spiro atoms. The summed E-state index contributed by atoms with van der Waals surface area (Å²) in [5.41, 5.74) is 1.96. The number of fused-ring (bicyclic) bond motifs is 2. The van der Waals surface area contributed by atoms with E-state index in [1.807, 2.05) is 40.6 Å². The zero-order valence-corrected chi connectivity index (χ0v) is 16.7. The summed E-state index contributed by atoms with van der Waals surface area (Å²) in [6.07, 6.45) is 3.41. The molecule has 0 radical (unpaired) electrons. The number of carbonyl (C=O) groups is 2. The predicted octanol–water partition coefficient (Wildman–Crippen LogP) is 2.95. The van der Waals surface area contributed by atoms with Gasteiger partial charge in [0.05, 0.1) is 4.88 Å². The third-order valence-corrected chi connectivity index (χ3v) is 7.19. The second-order valence-electron chi connectivity index (χ2n) is 8.10. The summed E-state index contributed by atoms with van der Waals surface area (Å²) in [4.78, 5) is 31.1. The molecular formula is C22H25N3O2S. The zero-order chi connectivity index (χ0) is 19.1. The zero-order valence-electron chi connectivity index (χ0n) is 15.8. The average molecular weight is 396 g/mol. The Morgan fingerprint density at radius 1 is 1.07 bits per heavy atom. The molecule has 2 aromatic rings. The number of hydrogen-bond acceptors (Lipinski definition) is 4. The molecule has 28 heavy (non-hydrogen) atoms. The van der Waals surface area contributed by atoms with Crippen molar-refractivity contribution >= 4 is 23.2 Å². The molecule has 2 amide bonds. The summed E-state index contributed by atoms with van der Waals surface area (Å²) in [6.45, 7) is 3.17. The Kier molecular flexibility index (Phi) is 4.69. The number of nitrogens with zero attached hydrogens (tertiary/aromatic N) is 2. The lowest BCUT2D eigenvalue weighted by Crippen LogP contribution is -2.57. The number of amides is 2. The van der Waals surface area contributed by atoms with Crippen molar-refractivity contribution in [3.63, 3.8) is 0 Å². The van der Waals surface area contributed by atoms with E-state index in [-0.39, 0.29) is 17.9 Å². The minimum atomic E-state index is 0.0409. The summed E-state index contributed by atoms with van der Waals surface area (Å²) in [6, 6.07) is 12.1. The molecule has 1 N–H and O–H groups in total. The molecule has 1 aromatic heterocycles. The van der Waals surface area contributed by atoms with E-state index < -0.39 is 0 Å². The standard InChI is InChI=1S/C22H25N3O2S/c26-21(20-19(9-11-28-20)15-6-7-15)23-12-18-14-25(17-8-10-24(18)13-17)22(27)16-4-2-1-3-5-16/h1-5,9,11,15,17-18H,6-8,10,12-14H2,(H,23,26)/t17-,18+/m0/s1. The van der Waals surface area contributed by atoms with Crippen molar-refractivity contribution in [1.29, 1.82) is 0 Å². The number of nitrogens with one attached hydrogen (secondary N) is 1. The second kappa shape index (κ2) is 7.33. The number of piperazine rings is 1. The minimum absolute atomic E-state index is 0.0409. The van der Waals surface area contributed by atoms with Gasteiger partial charge in [0.15, 0.2) is 0 Å². The largest absolute Gasteiger partial charge is 0.350 e. The summed E-state index contributed by atoms with van der Waals surface area (Å²) >= 11 is 1.54. The van der Waals surface area contributed by atoms with Crippen LogP contribution in [0.5, 0.6) is 0 Å². The second-order valence-corrected chi connectivity index (χ2v) is 9.02. The van der Waals surface area contributed by atoms with Crippen LogP contribution in [-0.2, 0) is 0 Å². The Balaban J connectivity index is 1.26. The lowest BCUT2D eigenvalue weighted by atomic mass is 10.1. The quantitative estimate of drug-likeness (QED) is 0.847. The molecule has 2 saturated heterocycles. The van der Waals surface area contributed by atoms with Crippen molar-refractivity contribution in [2.75, 3.05) is 26.2 Å². The van der Waals surface area contributed by atoms with E-state index >= 15 is 0 Å². The normalized spacial score (nSPS) is 26.3. The van der Waals surface area contributed by atoms with Gasteiger partial charge in [-0.05, 0) is 54.3 Å². The Bertz CT molecular complexity index is 877. The summed E-state index contributed by atoms with van der Waals surface area (Å²) in [7, 11) is 0. The molecule has 5 rings (SSSR count). The van der Waals surface area contributed by atoms with Crippen molar-refractivity contribution in [2.24, 2.45) is 0 Å². The maximum Gasteiger partial charge on any atom is 0.261 e. The van der Waals surface area contributed by atoms with Gasteiger partial charge >= 0.3 is 0 Å². The Labute approximate surface area is 169 Å². The van der Waals surface area contributed by atoms with Gasteiger partial charge < -0.3 is 10.2 Å². The van der Waals surface area contributed by atoms with Crippen LogP contribution in [0.3, 0.4) is 0 Å². The highest BCUT2D eigenvalue weighted by Gasteiger charge is 2.41. The number of hydrogen-bond donors (Lipinski definition) is 1. The van der Waals surface area contributed by atoms with E-state index in [1.54, 1.807) is 0 Å². The van der Waals surface area contributed by atoms with Gasteiger partial charge in [-0.3, -0.25) is 14.5 Å². The molecular weight excluding hydrogens is 370 g/mol. The first-order valence-electron chi connectivity index (χ1n) is 10.2. The van der Waals surface area contributed by atoms with E-state index in [0.29, 0.717) is 25.0 Å². The summed E-state index contributed by atoms with van der Waals surface area (Å²) in [5, 5.41) is 5.17. The van der Waals surface area contributed by atoms with E-state index in [9.17, 15) is 9.59 Å². The fourth-order valence-electron chi connectivity index (χ4n) is 4.54. The lowest BCUT2D eigenvalue weighted by molar-refractivity contribution is 0.0493. The molecule has 1 unspecified atom stereocenters. The van der Waals surface area contributed by atoms with Crippen molar-refractivity contribution in [2.45, 2.75) is 37.3 Å². The highest BCUT2D eigenvalue weighted by atomic mass is 32.1. The van der Waals surface area contributed by atoms with Gasteiger partial charge in [-0.25, -0.2) is 0 Å². The van der Waals surface area contributed by atoms with E-state index in [4.69, 9.17) is 0 Å². The molecule has 1 aliphatic carbocycles. The highest BCUT2D eigenvalue weighted by molar-refractivity contribution is 7.12. The lowest BCUT2D eigenvalue weighted by Gasteiger charge is -2.40. The average Bonchev–Trinajstić information content (AvgIpc) is 3.31. The Hall–Kier alpha value is -2.18. The monoisotopic (exact) mass is 395 g/mol. The molecule has 146 valence electrons. The number of thiophene rings is 1. The van der Waals surface area contributed by atoms with Gasteiger partial charge in [0, 0.05) is 43.8 Å². The minimum Gasteiger partial charge on any atom is -0.350 e. The van der Waals surface area contributed by atoms with Crippen molar-refractivity contribution in [3.8, 4) is 0 Å². The molecule has 1 aromatic carbocycles. The van der Waals surface area contributed by atoms with Crippen molar-refractivity contribution in [1.82, 2.24) is 15.1 Å². The molecule has 3 fully saturated rings. The van der Waals surface area contributed by atoms with Gasteiger partial charge in [-0.1, -0.05) is 18.2 Å². The molecule has 3 heterocycles. The first kappa shape index (κ1) is 17.9. The Morgan fingerprint density at radius 3 is 2.68 bits per heavy atom. The maximum atomic E-state index is 13.0. The van der Waals surface area contributed by atoms with Crippen LogP contribution >= 0.6 is 11.3 Å². The molecule has 5 nitrogen and oxygen atoms in total. The number of carbonyl (C=O) groups excluding carboxylic acids is 2. The van der Waals surface area contributed by atoms with Crippen LogP contribution in [0.15, 0.2) is 41.8 Å². The topological polar surface area (TPSA) is 52.7 Å². The van der Waals surface area contributed by atoms with Crippen LogP contribution in [0, 0.1) is 0 Å². The smallest absolute Gasteiger partial charge is 0.261 e. The van der Waals surface area contributed by atoms with Gasteiger partial charge in [-0.2, -0.15) is 0 Å². The first-order chi connectivity index (χ1) is 13.7. The van der Waals surface area contributed by atoms with Crippen molar-refractivity contribution < 1.29 is 9.59 Å². The molecule has 6 heteroatoms. The van der Waals surface area contributed by atoms with E-state index in [0.717, 1.165) is 30.0 Å². The number of rotatable bonds is 5. The summed E-state index contributed by atoms with van der Waals surface area (Å²) in [5.74, 6) is 0.733. The van der Waals surface area contributed by atoms with Gasteiger partial charge in [0.25, 0.3) is 11.8 Å². The first-order valence-corrected chi connectivity index (χ1v) is 11.0. The fraction of sp³-hybridized carbons (Fsp3) is 0.455. The molecule has 3 atom stereocenters. The SMILES string of the molecule is O=C(NC[C@@H]1CN(C(=O)c2ccccc2)[C@H]2CCN1C2)c1sccc1C1CC1. The number of benzene rings is 1. The van der Waals surface area contributed by atoms with Crippen LogP contribution in [0.25, 0.3) is 0 Å². The van der Waals surface area contributed by atoms with Crippen LogP contribution in [0.4, 0.5) is 0 Å². The molecule has 1 saturated carbocycles. The van der Waals surface area contributed by atoms with Crippen LogP contribution < -0.4 is 5.32 Å². The molecule has 2 aliphatic heterocycles. The summed E-state index contributed by atoms with van der Waals surface area (Å²) < 4.78 is 0. The van der Waals surface area contributed by atoms with E-state index in [1.165, 1.54) is 29.7 Å². The van der Waals surface area contributed by atoms with E-state index in [2.05, 4.69) is 16.3 Å². The Morgan fingerprint density at radius 2 is 1.89 bits per heavy atom. The predicted molar refractivity (Wildman–Crippen MR) is 110 cm³/mol. The maximum absolute atomic E-state index is 13.0. The highest BCUT2D eigenvalue weighted by Crippen LogP contribution is 2.43. The molecule has 3 aliphatic rings. The van der Waals surface area contributed by atoms with Crippen LogP contribution in [0.2, 0.25) is 0 Å². The molecule has 2 bridgehead atoms. The van der Waals surface area contributed by atoms with Gasteiger partial charge in [-0.15, -0.1) is 11.3 Å². The third-order valence-electron chi connectivity index (χ3n) is 6.26. The third kappa shape index (κ3) is 3.35. The van der Waals surface area contributed by atoms with Crippen LogP contribution in [0.1, 0.15) is 50.8 Å². The van der Waals surface area contributed by atoms with Crippen molar-refractivity contribution in [3.05, 3.63) is 57.8 Å². The fourth-order valence-corrected chi connectivity index (χ4v) is 5.45. The van der Waals surface area contributed by atoms with Gasteiger partial charge in [0.2, 0.25) is 0 Å².